The summed E-state index contributed by atoms with van der Waals surface area (Å²) in [5, 5.41) is 13.4. The molecule has 3 aromatic rings. The van der Waals surface area contributed by atoms with Crippen LogP contribution in [0.4, 0.5) is 19.0 Å². The standard InChI is InChI=1S/C21H19F3N6O2S/c22-21(23,24)15-4-2-1-3-14(15)20(32)30-10-8-29(9-11-30)17-6-5-16(27-28-17)19(31)26-13-18-25-7-12-33-18/h1-7,12H,8-11,13H2,(H,26,31). The highest BCUT2D eigenvalue weighted by molar-refractivity contribution is 7.09. The fourth-order valence-corrected chi connectivity index (χ4v) is 3.98. The molecule has 1 aliphatic heterocycles. The van der Waals surface area contributed by atoms with Gasteiger partial charge in [-0.2, -0.15) is 13.2 Å². The molecule has 1 aliphatic rings. The van der Waals surface area contributed by atoms with Crippen LogP contribution in [-0.2, 0) is 12.7 Å². The largest absolute Gasteiger partial charge is 0.417 e. The molecule has 0 saturated carbocycles. The molecule has 4 rings (SSSR count). The van der Waals surface area contributed by atoms with Gasteiger partial charge in [0.15, 0.2) is 11.5 Å². The van der Waals surface area contributed by atoms with Gasteiger partial charge in [-0.3, -0.25) is 9.59 Å². The first-order valence-electron chi connectivity index (χ1n) is 10.0. The van der Waals surface area contributed by atoms with Crippen molar-refractivity contribution in [2.24, 2.45) is 0 Å². The Morgan fingerprint density at radius 3 is 2.42 bits per heavy atom. The number of piperazine rings is 1. The van der Waals surface area contributed by atoms with Crippen molar-refractivity contribution >= 4 is 29.0 Å². The Labute approximate surface area is 191 Å². The van der Waals surface area contributed by atoms with E-state index in [0.717, 1.165) is 11.1 Å². The van der Waals surface area contributed by atoms with Gasteiger partial charge in [0.25, 0.3) is 11.8 Å². The van der Waals surface area contributed by atoms with E-state index in [2.05, 4.69) is 20.5 Å². The molecule has 1 fully saturated rings. The summed E-state index contributed by atoms with van der Waals surface area (Å²) in [6.45, 7) is 1.54. The van der Waals surface area contributed by atoms with Crippen LogP contribution in [0.2, 0.25) is 0 Å². The lowest BCUT2D eigenvalue weighted by atomic mass is 10.1. The maximum atomic E-state index is 13.2. The highest BCUT2D eigenvalue weighted by Crippen LogP contribution is 2.32. The highest BCUT2D eigenvalue weighted by Gasteiger charge is 2.36. The number of rotatable bonds is 5. The number of halogens is 3. The first-order valence-corrected chi connectivity index (χ1v) is 10.9. The zero-order chi connectivity index (χ0) is 23.4. The van der Waals surface area contributed by atoms with E-state index in [9.17, 15) is 22.8 Å². The Morgan fingerprint density at radius 1 is 1.03 bits per heavy atom. The molecule has 0 radical (unpaired) electrons. The van der Waals surface area contributed by atoms with Crippen molar-refractivity contribution in [3.8, 4) is 0 Å². The number of carbonyl (C=O) groups is 2. The molecule has 1 aromatic carbocycles. The van der Waals surface area contributed by atoms with Crippen molar-refractivity contribution in [3.05, 3.63) is 69.8 Å². The quantitative estimate of drug-likeness (QED) is 0.609. The molecule has 12 heteroatoms. The number of hydrogen-bond acceptors (Lipinski definition) is 7. The van der Waals surface area contributed by atoms with Crippen molar-refractivity contribution in [3.63, 3.8) is 0 Å². The second kappa shape index (κ2) is 9.53. The van der Waals surface area contributed by atoms with Gasteiger partial charge in [-0.15, -0.1) is 21.5 Å². The number of nitrogens with zero attached hydrogens (tertiary/aromatic N) is 5. The summed E-state index contributed by atoms with van der Waals surface area (Å²) in [5.74, 6) is -0.502. The minimum Gasteiger partial charge on any atom is -0.352 e. The first kappa shape index (κ1) is 22.6. The summed E-state index contributed by atoms with van der Waals surface area (Å²) in [6, 6.07) is 8.00. The summed E-state index contributed by atoms with van der Waals surface area (Å²) >= 11 is 1.43. The Bertz CT molecular complexity index is 1110. The molecule has 0 bridgehead atoms. The van der Waals surface area contributed by atoms with Gasteiger partial charge in [0.1, 0.15) is 5.01 Å². The maximum Gasteiger partial charge on any atom is 0.417 e. The van der Waals surface area contributed by atoms with E-state index >= 15 is 0 Å². The lowest BCUT2D eigenvalue weighted by Crippen LogP contribution is -2.49. The summed E-state index contributed by atoms with van der Waals surface area (Å²) < 4.78 is 39.7. The Kier molecular flexibility index (Phi) is 6.54. The molecule has 1 N–H and O–H groups in total. The predicted octanol–water partition coefficient (Wildman–Crippen LogP) is 2.84. The number of nitrogens with one attached hydrogen (secondary N) is 1. The molecule has 1 saturated heterocycles. The fraction of sp³-hybridized carbons (Fsp3) is 0.286. The molecular weight excluding hydrogens is 457 g/mol. The van der Waals surface area contributed by atoms with Gasteiger partial charge in [-0.05, 0) is 24.3 Å². The normalized spacial score (nSPS) is 14.3. The van der Waals surface area contributed by atoms with Crippen LogP contribution in [0, 0.1) is 0 Å². The topological polar surface area (TPSA) is 91.3 Å². The second-order valence-corrected chi connectivity index (χ2v) is 8.19. The Balaban J connectivity index is 1.34. The van der Waals surface area contributed by atoms with Crippen molar-refractivity contribution in [1.29, 1.82) is 0 Å². The molecule has 3 heterocycles. The molecule has 0 unspecified atom stereocenters. The number of amides is 2. The monoisotopic (exact) mass is 476 g/mol. The van der Waals surface area contributed by atoms with Crippen molar-refractivity contribution in [2.45, 2.75) is 12.7 Å². The summed E-state index contributed by atoms with van der Waals surface area (Å²) in [4.78, 5) is 32.3. The Morgan fingerprint density at radius 2 is 1.79 bits per heavy atom. The van der Waals surface area contributed by atoms with Gasteiger partial charge in [-0.25, -0.2) is 4.98 Å². The predicted molar refractivity (Wildman–Crippen MR) is 115 cm³/mol. The minimum absolute atomic E-state index is 0.160. The number of carbonyl (C=O) groups excluding carboxylic acids is 2. The van der Waals surface area contributed by atoms with Gasteiger partial charge in [0.2, 0.25) is 0 Å². The molecule has 8 nitrogen and oxygen atoms in total. The smallest absolute Gasteiger partial charge is 0.352 e. The van der Waals surface area contributed by atoms with Crippen LogP contribution in [0.5, 0.6) is 0 Å². The zero-order valence-corrected chi connectivity index (χ0v) is 18.1. The number of benzene rings is 1. The third-order valence-corrected chi connectivity index (χ3v) is 5.90. The molecule has 0 aliphatic carbocycles. The highest BCUT2D eigenvalue weighted by atomic mass is 32.1. The van der Waals surface area contributed by atoms with Gasteiger partial charge < -0.3 is 15.1 Å². The molecule has 2 aromatic heterocycles. The lowest BCUT2D eigenvalue weighted by Gasteiger charge is -2.35. The number of anilines is 1. The first-order chi connectivity index (χ1) is 15.8. The van der Waals surface area contributed by atoms with E-state index in [1.54, 1.807) is 18.3 Å². The second-order valence-electron chi connectivity index (χ2n) is 7.21. The zero-order valence-electron chi connectivity index (χ0n) is 17.2. The molecule has 33 heavy (non-hydrogen) atoms. The summed E-state index contributed by atoms with van der Waals surface area (Å²) in [6.07, 6.45) is -2.94. The molecule has 0 spiro atoms. The molecular formula is C21H19F3N6O2S. The number of thiazole rings is 1. The van der Waals surface area contributed by atoms with Crippen molar-refractivity contribution < 1.29 is 22.8 Å². The Hall–Kier alpha value is -3.54. The van der Waals surface area contributed by atoms with Gasteiger partial charge >= 0.3 is 6.18 Å². The van der Waals surface area contributed by atoms with E-state index in [1.807, 2.05) is 10.3 Å². The van der Waals surface area contributed by atoms with Gasteiger partial charge in [0.05, 0.1) is 17.7 Å². The van der Waals surface area contributed by atoms with Crippen LogP contribution in [-0.4, -0.2) is 58.1 Å². The van der Waals surface area contributed by atoms with Crippen molar-refractivity contribution in [2.75, 3.05) is 31.1 Å². The average molecular weight is 476 g/mol. The SMILES string of the molecule is O=C(NCc1nccs1)c1ccc(N2CCN(C(=O)c3ccccc3C(F)(F)F)CC2)nn1. The van der Waals surface area contributed by atoms with Gasteiger partial charge in [0, 0.05) is 37.8 Å². The average Bonchev–Trinajstić information content (AvgIpc) is 3.35. The number of alkyl halides is 3. The van der Waals surface area contributed by atoms with E-state index in [1.165, 1.54) is 34.4 Å². The fourth-order valence-electron chi connectivity index (χ4n) is 3.43. The van der Waals surface area contributed by atoms with E-state index in [0.29, 0.717) is 25.5 Å². The molecule has 0 atom stereocenters. The molecule has 172 valence electrons. The maximum absolute atomic E-state index is 13.2. The lowest BCUT2D eigenvalue weighted by molar-refractivity contribution is -0.138. The summed E-state index contributed by atoms with van der Waals surface area (Å²) in [7, 11) is 0. The van der Waals surface area contributed by atoms with E-state index in [-0.39, 0.29) is 30.3 Å². The van der Waals surface area contributed by atoms with E-state index < -0.39 is 17.6 Å². The van der Waals surface area contributed by atoms with Crippen LogP contribution in [0.15, 0.2) is 48.0 Å². The van der Waals surface area contributed by atoms with Crippen LogP contribution in [0.1, 0.15) is 31.4 Å². The van der Waals surface area contributed by atoms with Crippen LogP contribution in [0.25, 0.3) is 0 Å². The summed E-state index contributed by atoms with van der Waals surface area (Å²) in [5.41, 5.74) is -1.13. The van der Waals surface area contributed by atoms with E-state index in [4.69, 9.17) is 0 Å². The number of hydrogen-bond donors (Lipinski definition) is 1. The molecule has 2 amide bonds. The minimum atomic E-state index is -4.60. The van der Waals surface area contributed by atoms with Crippen LogP contribution < -0.4 is 10.2 Å². The van der Waals surface area contributed by atoms with Crippen LogP contribution in [0.3, 0.4) is 0 Å². The van der Waals surface area contributed by atoms with Crippen LogP contribution >= 0.6 is 11.3 Å². The van der Waals surface area contributed by atoms with Crippen molar-refractivity contribution in [1.82, 2.24) is 25.4 Å². The third-order valence-electron chi connectivity index (χ3n) is 5.12. The van der Waals surface area contributed by atoms with Gasteiger partial charge in [-0.1, -0.05) is 12.1 Å². The third kappa shape index (κ3) is 5.28. The number of aromatic nitrogens is 3.